The fraction of sp³-hybridized carbons (Fsp3) is 0.143. The molecular weight excluding hydrogens is 429 g/mol. The average Bonchev–Trinajstić information content (AvgIpc) is 2.84. The molecule has 0 saturated carbocycles. The molecule has 156 valence electrons. The fourth-order valence-electron chi connectivity index (χ4n) is 3.92. The minimum atomic E-state index is -0.381. The molecule has 0 nitrogen and oxygen atoms in total. The maximum Gasteiger partial charge on any atom is 0.00180 e. The summed E-state index contributed by atoms with van der Waals surface area (Å²) in [5.41, 5.74) is 0. The lowest BCUT2D eigenvalue weighted by molar-refractivity contribution is 0.874. The number of rotatable bonds is 9. The van der Waals surface area contributed by atoms with Crippen LogP contribution in [0.4, 0.5) is 0 Å². The zero-order chi connectivity index (χ0) is 21.3. The molecule has 0 bridgehead atoms. The van der Waals surface area contributed by atoms with Gasteiger partial charge in [-0.15, -0.1) is 9.24 Å². The van der Waals surface area contributed by atoms with Crippen LogP contribution >= 0.6 is 25.1 Å². The fourth-order valence-corrected chi connectivity index (χ4v) is 10.1. The van der Waals surface area contributed by atoms with E-state index >= 15 is 0 Å². The topological polar surface area (TPSA) is 0 Å². The number of benzene rings is 4. The Morgan fingerprint density at radius 3 is 1.26 bits per heavy atom. The minimum absolute atomic E-state index is 0.311. The van der Waals surface area contributed by atoms with Crippen LogP contribution in [0.5, 0.6) is 0 Å². The monoisotopic (exact) mass is 458 g/mol. The molecule has 0 amide bonds. The molecular formula is C28H29P3. The Labute approximate surface area is 191 Å². The third-order valence-electron chi connectivity index (χ3n) is 5.42. The van der Waals surface area contributed by atoms with E-state index < -0.39 is 0 Å². The third-order valence-corrected chi connectivity index (χ3v) is 11.9. The van der Waals surface area contributed by atoms with Gasteiger partial charge in [-0.05, 0) is 56.1 Å². The van der Waals surface area contributed by atoms with E-state index in [1.807, 2.05) is 0 Å². The molecule has 0 saturated heterocycles. The summed E-state index contributed by atoms with van der Waals surface area (Å²) in [6, 6.07) is 44.3. The van der Waals surface area contributed by atoms with Crippen molar-refractivity contribution in [1.29, 1.82) is 0 Å². The summed E-state index contributed by atoms with van der Waals surface area (Å²) in [5, 5.41) is 6.48. The highest BCUT2D eigenvalue weighted by molar-refractivity contribution is 7.78. The minimum Gasteiger partial charge on any atom is -0.129 e. The van der Waals surface area contributed by atoms with E-state index in [0.29, 0.717) is 5.40 Å². The predicted molar refractivity (Wildman–Crippen MR) is 146 cm³/mol. The summed E-state index contributed by atoms with van der Waals surface area (Å²) >= 11 is 0. The van der Waals surface area contributed by atoms with Crippen molar-refractivity contribution in [1.82, 2.24) is 0 Å². The number of hydrogen-bond acceptors (Lipinski definition) is 0. The van der Waals surface area contributed by atoms with Gasteiger partial charge in [0.1, 0.15) is 0 Å². The van der Waals surface area contributed by atoms with Gasteiger partial charge in [-0.2, -0.15) is 0 Å². The van der Waals surface area contributed by atoms with Crippen molar-refractivity contribution in [2.24, 2.45) is 0 Å². The van der Waals surface area contributed by atoms with Crippen LogP contribution in [0.15, 0.2) is 121 Å². The second kappa shape index (κ2) is 11.7. The van der Waals surface area contributed by atoms with Crippen LogP contribution in [-0.4, -0.2) is 11.6 Å². The molecule has 0 aliphatic rings. The van der Waals surface area contributed by atoms with Gasteiger partial charge in [0.25, 0.3) is 0 Å². The van der Waals surface area contributed by atoms with Crippen molar-refractivity contribution in [3.05, 3.63) is 121 Å². The molecule has 4 rings (SSSR count). The quantitative estimate of drug-likeness (QED) is 0.261. The van der Waals surface area contributed by atoms with Gasteiger partial charge in [-0.3, -0.25) is 0 Å². The van der Waals surface area contributed by atoms with Crippen molar-refractivity contribution in [3.63, 3.8) is 0 Å². The lowest BCUT2D eigenvalue weighted by Crippen LogP contribution is -2.19. The Balaban J connectivity index is 1.50. The van der Waals surface area contributed by atoms with Gasteiger partial charge >= 0.3 is 0 Å². The van der Waals surface area contributed by atoms with Crippen molar-refractivity contribution >= 4 is 46.3 Å². The normalized spacial score (nSPS) is 12.2. The molecule has 0 spiro atoms. The zero-order valence-electron chi connectivity index (χ0n) is 17.7. The molecule has 31 heavy (non-hydrogen) atoms. The second-order valence-electron chi connectivity index (χ2n) is 7.57. The summed E-state index contributed by atoms with van der Waals surface area (Å²) in [4.78, 5) is 0. The van der Waals surface area contributed by atoms with Gasteiger partial charge in [-0.25, -0.2) is 0 Å². The summed E-state index contributed by atoms with van der Waals surface area (Å²) in [5.74, 6) is 0. The van der Waals surface area contributed by atoms with E-state index in [9.17, 15) is 0 Å². The van der Waals surface area contributed by atoms with Gasteiger partial charge in [0.05, 0.1) is 0 Å². The summed E-state index contributed by atoms with van der Waals surface area (Å²) in [7, 11) is 2.50. The van der Waals surface area contributed by atoms with E-state index in [0.717, 1.165) is 0 Å². The van der Waals surface area contributed by atoms with Gasteiger partial charge in [0, 0.05) is 5.40 Å². The first-order valence-electron chi connectivity index (χ1n) is 10.9. The molecule has 2 atom stereocenters. The molecule has 0 N–H and O–H groups in total. The Bertz CT molecular complexity index is 942. The maximum absolute atomic E-state index is 3.19. The molecule has 0 aliphatic heterocycles. The van der Waals surface area contributed by atoms with Crippen LogP contribution < -0.4 is 21.2 Å². The van der Waals surface area contributed by atoms with Crippen molar-refractivity contribution in [2.75, 3.05) is 6.16 Å². The smallest absolute Gasteiger partial charge is 0.00180 e. The van der Waals surface area contributed by atoms with Crippen LogP contribution in [0.2, 0.25) is 0 Å². The van der Waals surface area contributed by atoms with Crippen LogP contribution in [0.25, 0.3) is 0 Å². The van der Waals surface area contributed by atoms with Crippen molar-refractivity contribution in [3.8, 4) is 0 Å². The van der Waals surface area contributed by atoms with Gasteiger partial charge in [-0.1, -0.05) is 121 Å². The Morgan fingerprint density at radius 1 is 0.516 bits per heavy atom. The first kappa shape index (κ1) is 22.4. The molecule has 4 aromatic rings. The van der Waals surface area contributed by atoms with E-state index in [1.165, 1.54) is 40.2 Å². The molecule has 0 radical (unpaired) electrons. The van der Waals surface area contributed by atoms with E-state index in [-0.39, 0.29) is 15.8 Å². The summed E-state index contributed by atoms with van der Waals surface area (Å²) < 4.78 is 0. The Morgan fingerprint density at radius 2 is 0.871 bits per heavy atom. The zero-order valence-corrected chi connectivity index (χ0v) is 20.7. The highest BCUT2D eigenvalue weighted by Gasteiger charge is 2.21. The van der Waals surface area contributed by atoms with Crippen LogP contribution in [0.1, 0.15) is 12.8 Å². The van der Waals surface area contributed by atoms with E-state index in [2.05, 4.69) is 131 Å². The first-order chi connectivity index (χ1) is 15.3. The van der Waals surface area contributed by atoms with Crippen molar-refractivity contribution < 1.29 is 0 Å². The average molecular weight is 458 g/mol. The first-order valence-corrected chi connectivity index (χ1v) is 14.5. The third kappa shape index (κ3) is 6.11. The molecule has 2 unspecified atom stereocenters. The maximum atomic E-state index is 3.19. The van der Waals surface area contributed by atoms with E-state index in [1.54, 1.807) is 0 Å². The van der Waals surface area contributed by atoms with Crippen molar-refractivity contribution in [2.45, 2.75) is 18.2 Å². The van der Waals surface area contributed by atoms with E-state index in [4.69, 9.17) is 0 Å². The van der Waals surface area contributed by atoms with Crippen LogP contribution in [-0.2, 0) is 0 Å². The lowest BCUT2D eigenvalue weighted by atomic mass is 10.4. The summed E-state index contributed by atoms with van der Waals surface area (Å²) in [6.45, 7) is 0. The molecule has 0 fully saturated rings. The van der Waals surface area contributed by atoms with Gasteiger partial charge < -0.3 is 0 Å². The largest absolute Gasteiger partial charge is 0.129 e. The second-order valence-corrected chi connectivity index (χ2v) is 13.7. The predicted octanol–water partition coefficient (Wildman–Crippen LogP) is 6.23. The standard InChI is InChI=1S/C28H29P3/c29-28(31(26-18-9-3-10-19-26)27-20-11-4-12-21-27)22-13-23-30(24-14-5-1-6-15-24)25-16-7-2-8-17-25/h1-12,14-21,28H,13,22-23,29H2. The Kier molecular flexibility index (Phi) is 8.44. The molecule has 0 aromatic heterocycles. The van der Waals surface area contributed by atoms with Gasteiger partial charge in [0.15, 0.2) is 0 Å². The molecule has 3 heteroatoms. The van der Waals surface area contributed by atoms with Gasteiger partial charge in [0.2, 0.25) is 0 Å². The molecule has 0 aliphatic carbocycles. The SMILES string of the molecule is PC(CCCP(c1ccccc1)c1ccccc1)P(c1ccccc1)c1ccccc1. The number of hydrogen-bond donors (Lipinski definition) is 0. The molecule has 0 heterocycles. The highest BCUT2D eigenvalue weighted by atomic mass is 31.2. The highest BCUT2D eigenvalue weighted by Crippen LogP contribution is 2.46. The summed E-state index contributed by atoms with van der Waals surface area (Å²) in [6.07, 6.45) is 3.70. The van der Waals surface area contributed by atoms with Crippen LogP contribution in [0, 0.1) is 0 Å². The lowest BCUT2D eigenvalue weighted by Gasteiger charge is -2.26. The Hall–Kier alpha value is -1.83. The molecule has 4 aromatic carbocycles. The van der Waals surface area contributed by atoms with Crippen LogP contribution in [0.3, 0.4) is 0 Å².